The fourth-order valence-electron chi connectivity index (χ4n) is 1.72. The van der Waals surface area contributed by atoms with Crippen molar-refractivity contribution in [3.63, 3.8) is 0 Å². The predicted molar refractivity (Wildman–Crippen MR) is 52.7 cm³/mol. The lowest BCUT2D eigenvalue weighted by molar-refractivity contribution is -0.153. The number of nitrogens with two attached hydrogens (primary N) is 1. The van der Waals surface area contributed by atoms with Crippen LogP contribution in [0, 0.1) is 5.92 Å². The average molecular weight is 244 g/mol. The third-order valence-corrected chi connectivity index (χ3v) is 2.59. The second-order valence-electron chi connectivity index (χ2n) is 3.80. The number of rotatable bonds is 5. The summed E-state index contributed by atoms with van der Waals surface area (Å²) >= 11 is 0. The Morgan fingerprint density at radius 1 is 1.41 bits per heavy atom. The number of carbonyl (C=O) groups excluding carboxylic acids is 2. The van der Waals surface area contributed by atoms with Crippen LogP contribution in [0.3, 0.4) is 0 Å². The van der Waals surface area contributed by atoms with Crippen LogP contribution in [0.25, 0.3) is 0 Å². The number of carboxylic acids is 2. The molecule has 0 spiro atoms. The minimum atomic E-state index is -1.45. The first-order chi connectivity index (χ1) is 7.82. The van der Waals surface area contributed by atoms with Crippen LogP contribution < -0.4 is 5.73 Å². The van der Waals surface area contributed by atoms with E-state index in [1.54, 1.807) is 0 Å². The largest absolute Gasteiger partial charge is 0.481 e. The Kier molecular flexibility index (Phi) is 3.66. The van der Waals surface area contributed by atoms with Gasteiger partial charge in [-0.05, 0) is 0 Å². The van der Waals surface area contributed by atoms with E-state index in [2.05, 4.69) is 0 Å². The minimum absolute atomic E-state index is 0.140. The van der Waals surface area contributed by atoms with Crippen molar-refractivity contribution in [2.24, 2.45) is 11.7 Å². The molecule has 0 aromatic carbocycles. The predicted octanol–water partition coefficient (Wildman–Crippen LogP) is -1.75. The molecule has 1 heterocycles. The van der Waals surface area contributed by atoms with E-state index in [1.165, 1.54) is 0 Å². The quantitative estimate of drug-likeness (QED) is 0.524. The van der Waals surface area contributed by atoms with Crippen molar-refractivity contribution in [3.05, 3.63) is 0 Å². The van der Waals surface area contributed by atoms with Crippen LogP contribution in [0.5, 0.6) is 0 Å². The molecule has 1 saturated heterocycles. The molecule has 1 unspecified atom stereocenters. The molecule has 1 rings (SSSR count). The molecule has 4 N–H and O–H groups in total. The zero-order valence-corrected chi connectivity index (χ0v) is 8.83. The standard InChI is InChI=1S/C9H12N2O6/c10-8(15)4-1-6(12)11(3-4)5(9(16)17)2-7(13)14/h4-5H,1-3H2,(H2,10,15)(H,13,14)(H,16,17)/t4?,5-/m0/s1. The summed E-state index contributed by atoms with van der Waals surface area (Å²) in [5.41, 5.74) is 5.02. The van der Waals surface area contributed by atoms with Crippen LogP contribution in [0.4, 0.5) is 0 Å². The molecule has 2 amide bonds. The van der Waals surface area contributed by atoms with Gasteiger partial charge >= 0.3 is 11.9 Å². The summed E-state index contributed by atoms with van der Waals surface area (Å²) in [6.45, 7) is -0.140. The van der Waals surface area contributed by atoms with E-state index in [-0.39, 0.29) is 13.0 Å². The van der Waals surface area contributed by atoms with Crippen LogP contribution in [-0.4, -0.2) is 51.5 Å². The third-order valence-electron chi connectivity index (χ3n) is 2.59. The number of hydrogen-bond acceptors (Lipinski definition) is 4. The van der Waals surface area contributed by atoms with Gasteiger partial charge in [-0.15, -0.1) is 0 Å². The van der Waals surface area contributed by atoms with Gasteiger partial charge in [0.1, 0.15) is 6.04 Å². The first kappa shape index (κ1) is 12.9. The van der Waals surface area contributed by atoms with E-state index >= 15 is 0 Å². The highest BCUT2D eigenvalue weighted by molar-refractivity contribution is 5.92. The zero-order chi connectivity index (χ0) is 13.2. The summed E-state index contributed by atoms with van der Waals surface area (Å²) in [6.07, 6.45) is -0.870. The van der Waals surface area contributed by atoms with E-state index in [9.17, 15) is 19.2 Å². The first-order valence-corrected chi connectivity index (χ1v) is 4.86. The highest BCUT2D eigenvalue weighted by Crippen LogP contribution is 2.21. The number of likely N-dealkylation sites (tertiary alicyclic amines) is 1. The van der Waals surface area contributed by atoms with Crippen LogP contribution >= 0.6 is 0 Å². The van der Waals surface area contributed by atoms with Crippen molar-refractivity contribution < 1.29 is 29.4 Å². The van der Waals surface area contributed by atoms with Crippen LogP contribution in [0.2, 0.25) is 0 Å². The number of hydrogen-bond donors (Lipinski definition) is 3. The van der Waals surface area contributed by atoms with Gasteiger partial charge in [-0.1, -0.05) is 0 Å². The first-order valence-electron chi connectivity index (χ1n) is 4.86. The van der Waals surface area contributed by atoms with E-state index in [0.29, 0.717) is 0 Å². The number of carboxylic acid groups (broad SMARTS) is 2. The smallest absolute Gasteiger partial charge is 0.327 e. The van der Waals surface area contributed by atoms with Crippen LogP contribution in [0.1, 0.15) is 12.8 Å². The number of primary amides is 1. The van der Waals surface area contributed by atoms with Gasteiger partial charge in [0, 0.05) is 13.0 Å². The maximum Gasteiger partial charge on any atom is 0.327 e. The second kappa shape index (κ2) is 4.81. The molecule has 8 heteroatoms. The SMILES string of the molecule is NC(=O)C1CC(=O)N([C@@H](CC(=O)O)C(=O)O)C1. The van der Waals surface area contributed by atoms with Gasteiger partial charge in [0.05, 0.1) is 12.3 Å². The van der Waals surface area contributed by atoms with E-state index in [4.69, 9.17) is 15.9 Å². The molecule has 0 aromatic rings. The molecule has 0 saturated carbocycles. The monoisotopic (exact) mass is 244 g/mol. The van der Waals surface area contributed by atoms with Gasteiger partial charge in [0.2, 0.25) is 11.8 Å². The molecule has 0 bridgehead atoms. The Bertz CT molecular complexity index is 380. The second-order valence-corrected chi connectivity index (χ2v) is 3.80. The summed E-state index contributed by atoms with van der Waals surface area (Å²) < 4.78 is 0. The molecule has 0 radical (unpaired) electrons. The molecular formula is C9H12N2O6. The maximum absolute atomic E-state index is 11.5. The van der Waals surface area contributed by atoms with Gasteiger partial charge in [-0.3, -0.25) is 14.4 Å². The van der Waals surface area contributed by atoms with Gasteiger partial charge in [0.25, 0.3) is 0 Å². The van der Waals surface area contributed by atoms with E-state index < -0.39 is 42.1 Å². The Morgan fingerprint density at radius 2 is 2.00 bits per heavy atom. The Morgan fingerprint density at radius 3 is 2.35 bits per heavy atom. The summed E-state index contributed by atoms with van der Waals surface area (Å²) in [6, 6.07) is -1.45. The molecule has 1 aliphatic rings. The molecule has 1 fully saturated rings. The van der Waals surface area contributed by atoms with Gasteiger partial charge in [-0.2, -0.15) is 0 Å². The van der Waals surface area contributed by atoms with Crippen molar-refractivity contribution in [3.8, 4) is 0 Å². The Hall–Kier alpha value is -2.12. The molecule has 0 aliphatic carbocycles. The van der Waals surface area contributed by atoms with Crippen LogP contribution in [-0.2, 0) is 19.2 Å². The highest BCUT2D eigenvalue weighted by atomic mass is 16.4. The highest BCUT2D eigenvalue weighted by Gasteiger charge is 2.40. The van der Waals surface area contributed by atoms with Gasteiger partial charge < -0.3 is 20.8 Å². The van der Waals surface area contributed by atoms with Crippen molar-refractivity contribution in [2.45, 2.75) is 18.9 Å². The van der Waals surface area contributed by atoms with Crippen molar-refractivity contribution in [1.82, 2.24) is 4.90 Å². The molecule has 94 valence electrons. The number of aliphatic carboxylic acids is 2. The third kappa shape index (κ3) is 2.92. The zero-order valence-electron chi connectivity index (χ0n) is 8.83. The maximum atomic E-state index is 11.5. The Balaban J connectivity index is 2.82. The number of carbonyl (C=O) groups is 4. The number of nitrogens with zero attached hydrogens (tertiary/aromatic N) is 1. The minimum Gasteiger partial charge on any atom is -0.481 e. The molecule has 2 atom stereocenters. The lowest BCUT2D eigenvalue weighted by atomic mass is 10.1. The normalized spacial score (nSPS) is 21.3. The van der Waals surface area contributed by atoms with Crippen molar-refractivity contribution in [1.29, 1.82) is 0 Å². The number of amides is 2. The summed E-state index contributed by atoms with van der Waals surface area (Å²) in [5.74, 6) is -4.75. The average Bonchev–Trinajstić information content (AvgIpc) is 2.56. The fraction of sp³-hybridized carbons (Fsp3) is 0.556. The lowest BCUT2D eigenvalue weighted by Crippen LogP contribution is -2.44. The van der Waals surface area contributed by atoms with Crippen molar-refractivity contribution >= 4 is 23.8 Å². The van der Waals surface area contributed by atoms with Crippen molar-refractivity contribution in [2.75, 3.05) is 6.54 Å². The topological polar surface area (TPSA) is 138 Å². The molecule has 0 aromatic heterocycles. The Labute approximate surface area is 96.0 Å². The summed E-state index contributed by atoms with van der Waals surface area (Å²) in [7, 11) is 0. The van der Waals surface area contributed by atoms with Crippen LogP contribution in [0.15, 0.2) is 0 Å². The molecular weight excluding hydrogens is 232 g/mol. The van der Waals surface area contributed by atoms with E-state index in [1.807, 2.05) is 0 Å². The summed E-state index contributed by atoms with van der Waals surface area (Å²) in [4.78, 5) is 44.6. The lowest BCUT2D eigenvalue weighted by Gasteiger charge is -2.22. The van der Waals surface area contributed by atoms with E-state index in [0.717, 1.165) is 4.90 Å². The van der Waals surface area contributed by atoms with Gasteiger partial charge in [0.15, 0.2) is 0 Å². The molecule has 8 nitrogen and oxygen atoms in total. The summed E-state index contributed by atoms with van der Waals surface area (Å²) in [5, 5.41) is 17.4. The fourth-order valence-corrected chi connectivity index (χ4v) is 1.72. The molecule has 1 aliphatic heterocycles. The molecule has 17 heavy (non-hydrogen) atoms. The van der Waals surface area contributed by atoms with Gasteiger partial charge in [-0.25, -0.2) is 4.79 Å².